The number of aromatic nitrogens is 2. The molecule has 0 unspecified atom stereocenters. The molecule has 2 aromatic rings. The Morgan fingerprint density at radius 1 is 1.37 bits per heavy atom. The second-order valence-corrected chi connectivity index (χ2v) is 3.96. The van der Waals surface area contributed by atoms with E-state index in [1.165, 1.54) is 18.2 Å². The van der Waals surface area contributed by atoms with Crippen molar-refractivity contribution in [2.75, 3.05) is 0 Å². The van der Waals surface area contributed by atoms with E-state index in [-0.39, 0.29) is 12.3 Å². The predicted octanol–water partition coefficient (Wildman–Crippen LogP) is 2.44. The minimum absolute atomic E-state index is 0.257. The standard InChI is InChI=1S/C12H12F3N3O/c1-18-7-9(6-16)11(17-18)8-3-2-4-10(5-8)19-12(13,14)15/h2-5,7H,6,16H2,1H3. The summed E-state index contributed by atoms with van der Waals surface area (Å²) < 4.78 is 41.9. The highest BCUT2D eigenvalue weighted by Gasteiger charge is 2.31. The maximum atomic E-state index is 12.2. The zero-order valence-corrected chi connectivity index (χ0v) is 10.1. The molecule has 0 aliphatic carbocycles. The largest absolute Gasteiger partial charge is 0.573 e. The summed E-state index contributed by atoms with van der Waals surface area (Å²) in [6.07, 6.45) is -2.98. The molecule has 0 spiro atoms. The van der Waals surface area contributed by atoms with Crippen molar-refractivity contribution in [1.82, 2.24) is 9.78 Å². The zero-order chi connectivity index (χ0) is 14.0. The maximum absolute atomic E-state index is 12.2. The number of nitrogens with two attached hydrogens (primary N) is 1. The molecule has 2 N–H and O–H groups in total. The lowest BCUT2D eigenvalue weighted by Gasteiger charge is -2.09. The number of hydrogen-bond acceptors (Lipinski definition) is 3. The van der Waals surface area contributed by atoms with Crippen LogP contribution in [0, 0.1) is 0 Å². The summed E-state index contributed by atoms with van der Waals surface area (Å²) in [7, 11) is 1.72. The van der Waals surface area contributed by atoms with Crippen LogP contribution in [0.5, 0.6) is 5.75 Å². The number of rotatable bonds is 3. The van der Waals surface area contributed by atoms with E-state index in [1.54, 1.807) is 24.0 Å². The molecule has 7 heteroatoms. The van der Waals surface area contributed by atoms with Crippen LogP contribution in [0.4, 0.5) is 13.2 Å². The van der Waals surface area contributed by atoms with Gasteiger partial charge < -0.3 is 10.5 Å². The van der Waals surface area contributed by atoms with Gasteiger partial charge in [0.1, 0.15) is 5.75 Å². The van der Waals surface area contributed by atoms with E-state index in [0.717, 1.165) is 5.56 Å². The van der Waals surface area contributed by atoms with E-state index in [1.807, 2.05) is 0 Å². The van der Waals surface area contributed by atoms with Crippen LogP contribution in [0.1, 0.15) is 5.56 Å². The summed E-state index contributed by atoms with van der Waals surface area (Å²) in [6.45, 7) is 0.257. The number of alkyl halides is 3. The first-order valence-corrected chi connectivity index (χ1v) is 5.48. The Kier molecular flexibility index (Phi) is 3.48. The number of benzene rings is 1. The second-order valence-electron chi connectivity index (χ2n) is 3.96. The van der Waals surface area contributed by atoms with Gasteiger partial charge in [-0.05, 0) is 12.1 Å². The van der Waals surface area contributed by atoms with Gasteiger partial charge in [-0.25, -0.2) is 0 Å². The molecular formula is C12H12F3N3O. The van der Waals surface area contributed by atoms with Crippen molar-refractivity contribution in [3.05, 3.63) is 36.0 Å². The molecule has 0 fully saturated rings. The van der Waals surface area contributed by atoms with Crippen LogP contribution < -0.4 is 10.5 Å². The van der Waals surface area contributed by atoms with E-state index in [4.69, 9.17) is 5.73 Å². The Balaban J connectivity index is 2.37. The summed E-state index contributed by atoms with van der Waals surface area (Å²) in [6, 6.07) is 5.66. The molecule has 0 radical (unpaired) electrons. The molecule has 0 bridgehead atoms. The van der Waals surface area contributed by atoms with Gasteiger partial charge in [0.2, 0.25) is 0 Å². The minimum Gasteiger partial charge on any atom is -0.406 e. The Morgan fingerprint density at radius 2 is 2.11 bits per heavy atom. The quantitative estimate of drug-likeness (QED) is 0.932. The van der Waals surface area contributed by atoms with Crippen LogP contribution in [0.3, 0.4) is 0 Å². The Bertz CT molecular complexity index is 578. The van der Waals surface area contributed by atoms with Crippen molar-refractivity contribution in [2.24, 2.45) is 12.8 Å². The molecular weight excluding hydrogens is 259 g/mol. The molecule has 1 aromatic carbocycles. The second kappa shape index (κ2) is 4.93. The SMILES string of the molecule is Cn1cc(CN)c(-c2cccc(OC(F)(F)F)c2)n1. The normalized spacial score (nSPS) is 11.6. The predicted molar refractivity (Wildman–Crippen MR) is 63.2 cm³/mol. The molecule has 2 rings (SSSR count). The lowest BCUT2D eigenvalue weighted by Crippen LogP contribution is -2.17. The first-order chi connectivity index (χ1) is 8.89. The van der Waals surface area contributed by atoms with Crippen molar-refractivity contribution < 1.29 is 17.9 Å². The van der Waals surface area contributed by atoms with E-state index in [9.17, 15) is 13.2 Å². The van der Waals surface area contributed by atoms with Gasteiger partial charge in [-0.3, -0.25) is 4.68 Å². The van der Waals surface area contributed by atoms with Crippen LogP contribution >= 0.6 is 0 Å². The smallest absolute Gasteiger partial charge is 0.406 e. The van der Waals surface area contributed by atoms with Gasteiger partial charge >= 0.3 is 6.36 Å². The summed E-state index contributed by atoms with van der Waals surface area (Å²) >= 11 is 0. The van der Waals surface area contributed by atoms with Gasteiger partial charge in [-0.1, -0.05) is 12.1 Å². The third-order valence-corrected chi connectivity index (χ3v) is 2.47. The number of nitrogens with zero attached hydrogens (tertiary/aromatic N) is 2. The fourth-order valence-corrected chi connectivity index (χ4v) is 1.77. The monoisotopic (exact) mass is 271 g/mol. The number of aryl methyl sites for hydroxylation is 1. The van der Waals surface area contributed by atoms with Crippen molar-refractivity contribution in [2.45, 2.75) is 12.9 Å². The lowest BCUT2D eigenvalue weighted by atomic mass is 10.1. The van der Waals surface area contributed by atoms with Gasteiger partial charge in [-0.2, -0.15) is 5.10 Å². The highest BCUT2D eigenvalue weighted by atomic mass is 19.4. The van der Waals surface area contributed by atoms with Gasteiger partial charge in [0.15, 0.2) is 0 Å². The van der Waals surface area contributed by atoms with E-state index in [2.05, 4.69) is 9.84 Å². The molecule has 1 aromatic heterocycles. The maximum Gasteiger partial charge on any atom is 0.573 e. The summed E-state index contributed by atoms with van der Waals surface area (Å²) in [4.78, 5) is 0. The van der Waals surface area contributed by atoms with Gasteiger partial charge in [-0.15, -0.1) is 13.2 Å². The molecule has 0 amide bonds. The average molecular weight is 271 g/mol. The summed E-state index contributed by atoms with van der Waals surface area (Å²) in [5.41, 5.74) is 7.42. The molecule has 4 nitrogen and oxygen atoms in total. The number of halogens is 3. The fourth-order valence-electron chi connectivity index (χ4n) is 1.77. The third-order valence-electron chi connectivity index (χ3n) is 2.47. The molecule has 0 saturated carbocycles. The van der Waals surface area contributed by atoms with E-state index in [0.29, 0.717) is 11.3 Å². The van der Waals surface area contributed by atoms with E-state index >= 15 is 0 Å². The molecule has 0 saturated heterocycles. The van der Waals surface area contributed by atoms with Crippen LogP contribution in [-0.4, -0.2) is 16.1 Å². The van der Waals surface area contributed by atoms with E-state index < -0.39 is 6.36 Å². The number of hydrogen-bond donors (Lipinski definition) is 1. The van der Waals surface area contributed by atoms with Gasteiger partial charge in [0.05, 0.1) is 5.69 Å². The number of ether oxygens (including phenoxy) is 1. The highest BCUT2D eigenvalue weighted by molar-refractivity contribution is 5.64. The van der Waals surface area contributed by atoms with Crippen molar-refractivity contribution in [3.8, 4) is 17.0 Å². The molecule has 1 heterocycles. The Morgan fingerprint density at radius 3 is 2.74 bits per heavy atom. The zero-order valence-electron chi connectivity index (χ0n) is 10.1. The fraction of sp³-hybridized carbons (Fsp3) is 0.250. The van der Waals surface area contributed by atoms with Crippen LogP contribution in [0.15, 0.2) is 30.5 Å². The van der Waals surface area contributed by atoms with Crippen LogP contribution in [0.2, 0.25) is 0 Å². The lowest BCUT2D eigenvalue weighted by molar-refractivity contribution is -0.274. The topological polar surface area (TPSA) is 53.1 Å². The van der Waals surface area contributed by atoms with Crippen molar-refractivity contribution in [3.63, 3.8) is 0 Å². The Hall–Kier alpha value is -2.02. The van der Waals surface area contributed by atoms with Crippen molar-refractivity contribution in [1.29, 1.82) is 0 Å². The molecule has 102 valence electrons. The molecule has 0 aliphatic heterocycles. The van der Waals surface area contributed by atoms with Crippen LogP contribution in [-0.2, 0) is 13.6 Å². The summed E-state index contributed by atoms with van der Waals surface area (Å²) in [5.74, 6) is -0.279. The Labute approximate surface area is 107 Å². The summed E-state index contributed by atoms with van der Waals surface area (Å²) in [5, 5.41) is 4.19. The first-order valence-electron chi connectivity index (χ1n) is 5.48. The first kappa shape index (κ1) is 13.4. The highest BCUT2D eigenvalue weighted by Crippen LogP contribution is 2.28. The minimum atomic E-state index is -4.71. The van der Waals surface area contributed by atoms with Gasteiger partial charge in [0.25, 0.3) is 0 Å². The average Bonchev–Trinajstić information content (AvgIpc) is 2.68. The van der Waals surface area contributed by atoms with Crippen molar-refractivity contribution >= 4 is 0 Å². The van der Waals surface area contributed by atoms with Gasteiger partial charge in [0, 0.05) is 30.9 Å². The molecule has 19 heavy (non-hydrogen) atoms. The molecule has 0 atom stereocenters. The third kappa shape index (κ3) is 3.25. The molecule has 0 aliphatic rings. The van der Waals surface area contributed by atoms with Crippen LogP contribution in [0.25, 0.3) is 11.3 Å².